The zero-order valence-corrected chi connectivity index (χ0v) is 27.7. The smallest absolute Gasteiger partial charge is 0.407 e. The predicted molar refractivity (Wildman–Crippen MR) is 161 cm³/mol. The lowest BCUT2D eigenvalue weighted by Crippen LogP contribution is -2.71. The van der Waals surface area contributed by atoms with Gasteiger partial charge in [-0.25, -0.2) is 13.6 Å². The average molecular weight is 652 g/mol. The molecule has 12 heteroatoms. The van der Waals surface area contributed by atoms with E-state index in [1.165, 1.54) is 19.1 Å². The molecule has 1 heterocycles. The number of ether oxygens (including phenoxy) is 4. The molecule has 1 amide bonds. The first kappa shape index (κ1) is 34.6. The normalized spacial score (nSPS) is 40.6. The molecule has 1 saturated heterocycles. The molecule has 0 radical (unpaired) electrons. The number of nitrogens with one attached hydrogen (secondary N) is 1. The number of unbranched alkanes of at least 4 members (excludes halogenated alkanes) is 1. The summed E-state index contributed by atoms with van der Waals surface area (Å²) < 4.78 is 56.6. The first-order valence-electron chi connectivity index (χ1n) is 16.2. The number of aliphatic hydroxyl groups is 1. The van der Waals surface area contributed by atoms with Crippen LogP contribution in [-0.4, -0.2) is 82.9 Å². The summed E-state index contributed by atoms with van der Waals surface area (Å²) in [4.78, 5) is 50.7. The number of alkyl halides is 2. The van der Waals surface area contributed by atoms with Crippen molar-refractivity contribution in [3.8, 4) is 0 Å². The molecule has 0 aromatic heterocycles. The second-order valence-electron chi connectivity index (χ2n) is 15.4. The van der Waals surface area contributed by atoms with Crippen molar-refractivity contribution >= 4 is 23.6 Å². The number of allylic oxidation sites excluding steroid dienone is 4. The van der Waals surface area contributed by atoms with Crippen LogP contribution in [0.15, 0.2) is 23.8 Å². The Morgan fingerprint density at radius 1 is 1.11 bits per heavy atom. The maximum absolute atomic E-state index is 17.6. The fourth-order valence-electron chi connectivity index (χ4n) is 9.03. The predicted octanol–water partition coefficient (Wildman–Crippen LogP) is 4.61. The van der Waals surface area contributed by atoms with Gasteiger partial charge >= 0.3 is 12.1 Å². The van der Waals surface area contributed by atoms with Crippen LogP contribution in [0.2, 0.25) is 0 Å². The highest BCUT2D eigenvalue weighted by atomic mass is 19.1. The molecule has 10 nitrogen and oxygen atoms in total. The summed E-state index contributed by atoms with van der Waals surface area (Å²) in [6, 6.07) is 0. The maximum atomic E-state index is 17.6. The largest absolute Gasteiger partial charge is 0.458 e. The van der Waals surface area contributed by atoms with Gasteiger partial charge in [0, 0.05) is 29.7 Å². The number of hydrogen-bond acceptors (Lipinski definition) is 9. The molecule has 0 spiro atoms. The third kappa shape index (κ3) is 5.41. The van der Waals surface area contributed by atoms with E-state index in [0.29, 0.717) is 19.4 Å². The Hall–Kier alpha value is -2.70. The van der Waals surface area contributed by atoms with E-state index in [9.17, 15) is 24.3 Å². The van der Waals surface area contributed by atoms with Gasteiger partial charge in [-0.1, -0.05) is 13.0 Å². The number of ketones is 2. The van der Waals surface area contributed by atoms with E-state index >= 15 is 8.78 Å². The Morgan fingerprint density at radius 2 is 1.80 bits per heavy atom. The maximum Gasteiger partial charge on any atom is 0.407 e. The summed E-state index contributed by atoms with van der Waals surface area (Å²) in [6.45, 7) is 11.6. The molecule has 4 fully saturated rings. The lowest BCUT2D eigenvalue weighted by atomic mass is 9.44. The van der Waals surface area contributed by atoms with Gasteiger partial charge in [-0.05, 0) is 97.3 Å². The molecule has 5 aliphatic rings. The molecule has 0 aromatic carbocycles. The fourth-order valence-corrected chi connectivity index (χ4v) is 9.03. The summed E-state index contributed by atoms with van der Waals surface area (Å²) in [5.41, 5.74) is -7.34. The Balaban J connectivity index is 1.30. The van der Waals surface area contributed by atoms with E-state index in [1.54, 1.807) is 41.5 Å². The Morgan fingerprint density at radius 3 is 2.48 bits per heavy atom. The number of hydrogen-bond donors (Lipinski definition) is 2. The molecular formula is C34H47F2NO9. The van der Waals surface area contributed by atoms with E-state index in [1.807, 2.05) is 0 Å². The Kier molecular flexibility index (Phi) is 8.64. The summed E-state index contributed by atoms with van der Waals surface area (Å²) in [5.74, 6) is -4.43. The van der Waals surface area contributed by atoms with Crippen LogP contribution in [0, 0.1) is 22.7 Å². The van der Waals surface area contributed by atoms with Gasteiger partial charge < -0.3 is 29.4 Å². The molecule has 3 saturated carbocycles. The number of rotatable bonds is 8. The zero-order chi connectivity index (χ0) is 34.1. The second-order valence-corrected chi connectivity index (χ2v) is 15.4. The quantitative estimate of drug-likeness (QED) is 0.285. The molecule has 0 unspecified atom stereocenters. The van der Waals surface area contributed by atoms with Gasteiger partial charge in [-0.3, -0.25) is 14.4 Å². The minimum absolute atomic E-state index is 0.00987. The molecule has 1 aliphatic heterocycles. The summed E-state index contributed by atoms with van der Waals surface area (Å²) in [5, 5.41) is 14.3. The lowest BCUT2D eigenvalue weighted by molar-refractivity contribution is -0.249. The van der Waals surface area contributed by atoms with Crippen LogP contribution in [-0.2, 0) is 33.3 Å². The van der Waals surface area contributed by atoms with E-state index in [4.69, 9.17) is 18.9 Å². The SMILES string of the molecule is CC(C)(C)OC(=O)NCCCCC(=O)OCC(=O)[C@@]12OC(C)(C)O[C@@H]1C[C@H]1[C@@H]3C[C@H](F)C4=CC(=O)C=C[C@]4(C)[C@@]3(F)[C@@H](O)C[C@@]12C. The lowest BCUT2D eigenvalue weighted by Gasteiger charge is -2.63. The van der Waals surface area contributed by atoms with Crippen LogP contribution >= 0.6 is 0 Å². The molecular weight excluding hydrogens is 604 g/mol. The van der Waals surface area contributed by atoms with Gasteiger partial charge in [0.1, 0.15) is 11.8 Å². The van der Waals surface area contributed by atoms with Crippen LogP contribution in [0.25, 0.3) is 0 Å². The van der Waals surface area contributed by atoms with Crippen molar-refractivity contribution in [3.05, 3.63) is 23.8 Å². The highest BCUT2D eigenvalue weighted by Crippen LogP contribution is 2.72. The molecule has 46 heavy (non-hydrogen) atoms. The van der Waals surface area contributed by atoms with Crippen molar-refractivity contribution < 1.29 is 52.0 Å². The monoisotopic (exact) mass is 651 g/mol. The van der Waals surface area contributed by atoms with Gasteiger partial charge in [0.15, 0.2) is 29.4 Å². The van der Waals surface area contributed by atoms with Gasteiger partial charge in [0.2, 0.25) is 5.78 Å². The van der Waals surface area contributed by atoms with E-state index in [2.05, 4.69) is 5.32 Å². The number of carbonyl (C=O) groups excluding carboxylic acids is 4. The molecule has 9 atom stereocenters. The number of halogens is 2. The number of esters is 1. The highest BCUT2D eigenvalue weighted by Gasteiger charge is 2.80. The van der Waals surface area contributed by atoms with Crippen molar-refractivity contribution in [2.75, 3.05) is 13.2 Å². The number of Topliss-reactive ketones (excluding diaryl/α,β-unsaturated/α-hetero) is 1. The van der Waals surface area contributed by atoms with E-state index < -0.39 is 93.9 Å². The third-order valence-corrected chi connectivity index (χ3v) is 10.9. The standard InChI is InChI=1S/C34H47F2NO9/c1-29(2,3)45-28(42)37-13-9-8-10-27(41)43-18-25(40)34-26(44-30(4,5)46-34)16-20-21-15-23(35)22-14-19(38)11-12-31(22,6)33(21,36)24(39)17-32(20,34)7/h11-12,14,20-21,23-24,26,39H,8-10,13,15-18H2,1-7H3,(H,37,42)/t20-,21-,23-,24-,26+,31-,32-,33-,34+/m0/s1. The van der Waals surface area contributed by atoms with Crippen LogP contribution in [0.1, 0.15) is 87.0 Å². The molecule has 5 rings (SSSR count). The minimum atomic E-state index is -2.31. The average Bonchev–Trinajstić information content (AvgIpc) is 3.34. The molecule has 0 bridgehead atoms. The molecule has 4 aliphatic carbocycles. The van der Waals surface area contributed by atoms with Crippen LogP contribution < -0.4 is 5.32 Å². The van der Waals surface area contributed by atoms with Crippen molar-refractivity contribution in [1.82, 2.24) is 5.32 Å². The van der Waals surface area contributed by atoms with Gasteiger partial charge in [0.05, 0.1) is 12.2 Å². The second kappa shape index (κ2) is 11.5. The van der Waals surface area contributed by atoms with Crippen molar-refractivity contribution in [3.63, 3.8) is 0 Å². The zero-order valence-electron chi connectivity index (χ0n) is 27.7. The topological polar surface area (TPSA) is 137 Å². The van der Waals surface area contributed by atoms with Crippen LogP contribution in [0.4, 0.5) is 13.6 Å². The van der Waals surface area contributed by atoms with Crippen molar-refractivity contribution in [2.45, 2.75) is 128 Å². The number of fused-ring (bicyclic) bond motifs is 7. The minimum Gasteiger partial charge on any atom is -0.458 e. The number of alkyl carbamates (subject to hydrolysis) is 1. The Labute approximate surface area is 268 Å². The highest BCUT2D eigenvalue weighted by molar-refractivity contribution is 6.01. The van der Waals surface area contributed by atoms with Gasteiger partial charge in [-0.15, -0.1) is 0 Å². The fraction of sp³-hybridized carbons (Fsp3) is 0.765. The summed E-state index contributed by atoms with van der Waals surface area (Å²) >= 11 is 0. The number of amides is 1. The number of carbonyl (C=O) groups is 4. The molecule has 0 aromatic rings. The first-order valence-corrected chi connectivity index (χ1v) is 16.2. The summed E-state index contributed by atoms with van der Waals surface area (Å²) in [6.07, 6.45) is -0.296. The molecule has 256 valence electrons. The summed E-state index contributed by atoms with van der Waals surface area (Å²) in [7, 11) is 0. The van der Waals surface area contributed by atoms with Crippen molar-refractivity contribution in [2.24, 2.45) is 22.7 Å². The van der Waals surface area contributed by atoms with Crippen LogP contribution in [0.5, 0.6) is 0 Å². The van der Waals surface area contributed by atoms with Gasteiger partial charge in [0.25, 0.3) is 0 Å². The van der Waals surface area contributed by atoms with E-state index in [0.717, 1.165) is 6.08 Å². The third-order valence-electron chi connectivity index (χ3n) is 10.9. The Bertz CT molecular complexity index is 1360. The first-order chi connectivity index (χ1) is 21.2. The van der Waals surface area contributed by atoms with Crippen LogP contribution in [0.3, 0.4) is 0 Å². The van der Waals surface area contributed by atoms with Crippen molar-refractivity contribution in [1.29, 1.82) is 0 Å². The van der Waals surface area contributed by atoms with E-state index in [-0.39, 0.29) is 31.3 Å². The number of aliphatic hydroxyl groups excluding tert-OH is 1. The molecule has 2 N–H and O–H groups in total. The van der Waals surface area contributed by atoms with Gasteiger partial charge in [-0.2, -0.15) is 0 Å².